The van der Waals surface area contributed by atoms with Crippen LogP contribution in [0.1, 0.15) is 19.4 Å². The zero-order valence-electron chi connectivity index (χ0n) is 10.1. The van der Waals surface area contributed by atoms with Crippen molar-refractivity contribution in [3.05, 3.63) is 35.9 Å². The lowest BCUT2D eigenvalue weighted by Gasteiger charge is -2.07. The molecule has 0 aliphatic carbocycles. The van der Waals surface area contributed by atoms with Crippen LogP contribution in [0.4, 0.5) is 0 Å². The zero-order chi connectivity index (χ0) is 11.8. The second-order valence-corrected chi connectivity index (χ2v) is 4.68. The van der Waals surface area contributed by atoms with Crippen molar-refractivity contribution in [3.63, 3.8) is 0 Å². The second-order valence-electron chi connectivity index (χ2n) is 3.80. The van der Waals surface area contributed by atoms with E-state index < -0.39 is 0 Å². The van der Waals surface area contributed by atoms with Crippen molar-refractivity contribution in [2.45, 2.75) is 26.5 Å². The van der Waals surface area contributed by atoms with Gasteiger partial charge in [-0.05, 0) is 25.7 Å². The number of ether oxygens (including phenoxy) is 1. The number of nitrogens with zero attached hydrogens (tertiary/aromatic N) is 1. The summed E-state index contributed by atoms with van der Waals surface area (Å²) in [6.07, 6.45) is 2.03. The van der Waals surface area contributed by atoms with Crippen molar-refractivity contribution in [1.82, 2.24) is 0 Å². The van der Waals surface area contributed by atoms with Gasteiger partial charge in [-0.3, -0.25) is 4.99 Å². The SMILES string of the molecule is CS/C(COCc1ccccc1)=N\C(C)C. The normalized spacial score (nSPS) is 12.1. The summed E-state index contributed by atoms with van der Waals surface area (Å²) in [5.74, 6) is 0. The number of hydrogen-bond acceptors (Lipinski definition) is 3. The average molecular weight is 237 g/mol. The molecule has 0 amide bonds. The summed E-state index contributed by atoms with van der Waals surface area (Å²) in [4.78, 5) is 4.48. The van der Waals surface area contributed by atoms with E-state index in [1.54, 1.807) is 11.8 Å². The fourth-order valence-corrected chi connectivity index (χ4v) is 1.78. The molecular formula is C13H19NOS. The van der Waals surface area contributed by atoms with E-state index in [1.807, 2.05) is 24.5 Å². The van der Waals surface area contributed by atoms with Crippen LogP contribution in [-0.2, 0) is 11.3 Å². The topological polar surface area (TPSA) is 21.6 Å². The summed E-state index contributed by atoms with van der Waals surface area (Å²) in [6.45, 7) is 5.41. The van der Waals surface area contributed by atoms with Crippen LogP contribution in [0.2, 0.25) is 0 Å². The molecule has 1 rings (SSSR count). The van der Waals surface area contributed by atoms with Crippen molar-refractivity contribution in [3.8, 4) is 0 Å². The minimum atomic E-state index is 0.336. The Bertz CT molecular complexity index is 322. The van der Waals surface area contributed by atoms with Gasteiger partial charge in [0.25, 0.3) is 0 Å². The molecule has 16 heavy (non-hydrogen) atoms. The van der Waals surface area contributed by atoms with E-state index in [0.717, 1.165) is 5.04 Å². The third kappa shape index (κ3) is 5.33. The summed E-state index contributed by atoms with van der Waals surface area (Å²) in [7, 11) is 0. The Morgan fingerprint density at radius 1 is 1.31 bits per heavy atom. The van der Waals surface area contributed by atoms with Crippen molar-refractivity contribution in [2.75, 3.05) is 12.9 Å². The lowest BCUT2D eigenvalue weighted by atomic mass is 10.2. The first kappa shape index (κ1) is 13.3. The predicted octanol–water partition coefficient (Wildman–Crippen LogP) is 3.37. The highest BCUT2D eigenvalue weighted by atomic mass is 32.2. The number of thioether (sulfide) groups is 1. The van der Waals surface area contributed by atoms with Crippen LogP contribution in [-0.4, -0.2) is 23.9 Å². The van der Waals surface area contributed by atoms with Crippen LogP contribution in [0.5, 0.6) is 0 Å². The Hall–Kier alpha value is -0.800. The lowest BCUT2D eigenvalue weighted by Crippen LogP contribution is -2.07. The Labute approximate surface area is 102 Å². The summed E-state index contributed by atoms with van der Waals surface area (Å²) < 4.78 is 5.62. The quantitative estimate of drug-likeness (QED) is 0.578. The Morgan fingerprint density at radius 3 is 2.56 bits per heavy atom. The van der Waals surface area contributed by atoms with Gasteiger partial charge in [0.15, 0.2) is 0 Å². The lowest BCUT2D eigenvalue weighted by molar-refractivity contribution is 0.159. The molecule has 0 unspecified atom stereocenters. The zero-order valence-corrected chi connectivity index (χ0v) is 11.0. The highest BCUT2D eigenvalue weighted by Gasteiger charge is 1.99. The molecule has 3 heteroatoms. The molecule has 0 saturated carbocycles. The molecule has 0 saturated heterocycles. The van der Waals surface area contributed by atoms with Crippen LogP contribution in [0.25, 0.3) is 0 Å². The molecule has 0 bridgehead atoms. The fraction of sp³-hybridized carbons (Fsp3) is 0.462. The summed E-state index contributed by atoms with van der Waals surface area (Å²) in [5.41, 5.74) is 1.20. The van der Waals surface area contributed by atoms with Gasteiger partial charge >= 0.3 is 0 Å². The van der Waals surface area contributed by atoms with Gasteiger partial charge in [0.05, 0.1) is 18.3 Å². The first-order valence-corrected chi connectivity index (χ1v) is 6.67. The third-order valence-corrected chi connectivity index (χ3v) is 2.67. The van der Waals surface area contributed by atoms with E-state index in [9.17, 15) is 0 Å². The van der Waals surface area contributed by atoms with Gasteiger partial charge in [-0.2, -0.15) is 0 Å². The Kier molecular flexibility index (Phi) is 6.19. The molecule has 0 radical (unpaired) electrons. The number of aliphatic imine (C=N–C) groups is 1. The monoisotopic (exact) mass is 237 g/mol. The van der Waals surface area contributed by atoms with Crippen LogP contribution in [0, 0.1) is 0 Å². The molecule has 0 aliphatic heterocycles. The minimum Gasteiger partial charge on any atom is -0.370 e. The van der Waals surface area contributed by atoms with E-state index in [1.165, 1.54) is 5.56 Å². The third-order valence-electron chi connectivity index (χ3n) is 1.97. The van der Waals surface area contributed by atoms with E-state index in [-0.39, 0.29) is 0 Å². The molecule has 88 valence electrons. The molecular weight excluding hydrogens is 218 g/mol. The molecule has 0 N–H and O–H groups in total. The van der Waals surface area contributed by atoms with Crippen LogP contribution in [0.15, 0.2) is 35.3 Å². The summed E-state index contributed by atoms with van der Waals surface area (Å²) >= 11 is 1.66. The van der Waals surface area contributed by atoms with Gasteiger partial charge in [-0.1, -0.05) is 30.3 Å². The first-order valence-electron chi connectivity index (χ1n) is 5.44. The Morgan fingerprint density at radius 2 is 2.00 bits per heavy atom. The van der Waals surface area contributed by atoms with Crippen LogP contribution in [0.3, 0.4) is 0 Å². The maximum atomic E-state index is 5.62. The standard InChI is InChI=1S/C13H19NOS/c1-11(2)14-13(16-3)10-15-9-12-7-5-4-6-8-12/h4-8,11H,9-10H2,1-3H3/b14-13-. The molecule has 2 nitrogen and oxygen atoms in total. The van der Waals surface area contributed by atoms with Gasteiger partial charge in [0.1, 0.15) is 0 Å². The van der Waals surface area contributed by atoms with Crippen molar-refractivity contribution in [1.29, 1.82) is 0 Å². The molecule has 0 spiro atoms. The largest absolute Gasteiger partial charge is 0.370 e. The molecule has 0 aromatic heterocycles. The van der Waals surface area contributed by atoms with Crippen molar-refractivity contribution in [2.24, 2.45) is 4.99 Å². The van der Waals surface area contributed by atoms with E-state index in [4.69, 9.17) is 4.74 Å². The van der Waals surface area contributed by atoms with Gasteiger partial charge in [-0.25, -0.2) is 0 Å². The molecule has 0 aliphatic rings. The van der Waals surface area contributed by atoms with Gasteiger partial charge < -0.3 is 4.74 Å². The summed E-state index contributed by atoms with van der Waals surface area (Å²) in [6, 6.07) is 10.5. The molecule has 0 atom stereocenters. The predicted molar refractivity (Wildman–Crippen MR) is 72.2 cm³/mol. The molecule has 0 fully saturated rings. The van der Waals surface area contributed by atoms with Gasteiger partial charge in [0.2, 0.25) is 0 Å². The average Bonchev–Trinajstić information content (AvgIpc) is 2.28. The van der Waals surface area contributed by atoms with E-state index >= 15 is 0 Å². The molecule has 0 heterocycles. The smallest absolute Gasteiger partial charge is 0.0949 e. The van der Waals surface area contributed by atoms with Gasteiger partial charge in [-0.15, -0.1) is 11.8 Å². The van der Waals surface area contributed by atoms with Crippen molar-refractivity contribution < 1.29 is 4.74 Å². The second kappa shape index (κ2) is 7.47. The van der Waals surface area contributed by atoms with Gasteiger partial charge in [0, 0.05) is 6.04 Å². The summed E-state index contributed by atoms with van der Waals surface area (Å²) in [5, 5.41) is 1.06. The van der Waals surface area contributed by atoms with E-state index in [2.05, 4.69) is 31.0 Å². The highest BCUT2D eigenvalue weighted by molar-refractivity contribution is 8.13. The maximum absolute atomic E-state index is 5.62. The number of rotatable bonds is 5. The molecule has 1 aromatic rings. The number of hydrogen-bond donors (Lipinski definition) is 0. The maximum Gasteiger partial charge on any atom is 0.0949 e. The van der Waals surface area contributed by atoms with Crippen LogP contribution < -0.4 is 0 Å². The minimum absolute atomic E-state index is 0.336. The number of benzene rings is 1. The Balaban J connectivity index is 2.34. The van der Waals surface area contributed by atoms with Crippen LogP contribution >= 0.6 is 11.8 Å². The molecule has 1 aromatic carbocycles. The first-order chi connectivity index (χ1) is 7.72. The van der Waals surface area contributed by atoms with E-state index in [0.29, 0.717) is 19.3 Å². The fourth-order valence-electron chi connectivity index (χ4n) is 1.27. The highest BCUT2D eigenvalue weighted by Crippen LogP contribution is 2.05. The van der Waals surface area contributed by atoms with Crippen molar-refractivity contribution >= 4 is 16.8 Å².